The van der Waals surface area contributed by atoms with E-state index in [1.54, 1.807) is 0 Å². The van der Waals surface area contributed by atoms with Crippen molar-refractivity contribution in [2.75, 3.05) is 13.8 Å². The van der Waals surface area contributed by atoms with Gasteiger partial charge in [-0.2, -0.15) is 0 Å². The molecule has 8 nitrogen and oxygen atoms in total. The zero-order valence-corrected chi connectivity index (χ0v) is 10.9. The minimum atomic E-state index is -0.525. The summed E-state index contributed by atoms with van der Waals surface area (Å²) in [4.78, 5) is 54.7. The molecule has 2 aliphatic heterocycles. The summed E-state index contributed by atoms with van der Waals surface area (Å²) in [5.74, 6) is -1.92. The monoisotopic (exact) mass is 280 g/mol. The molecule has 2 rings (SSSR count). The SMILES string of the molecule is CC(=O)OCN1C(=O)C=CC1=O.CN1C(=O)C=CC1=O. The summed E-state index contributed by atoms with van der Waals surface area (Å²) >= 11 is 0. The molecule has 0 atom stereocenters. The van der Waals surface area contributed by atoms with Crippen LogP contribution in [0.1, 0.15) is 6.92 Å². The van der Waals surface area contributed by atoms with Gasteiger partial charge in [0.05, 0.1) is 0 Å². The number of esters is 1. The molecule has 0 aromatic carbocycles. The first kappa shape index (κ1) is 15.3. The van der Waals surface area contributed by atoms with Crippen molar-refractivity contribution in [1.29, 1.82) is 0 Å². The van der Waals surface area contributed by atoms with E-state index in [1.807, 2.05) is 0 Å². The number of carbonyl (C=O) groups is 5. The standard InChI is InChI=1S/C7H7NO4.C5H5NO2/c1-5(9)12-4-8-6(10)2-3-7(8)11;1-6-4(7)2-3-5(6)8/h2-3H,4H2,1H3;2-3H,1H3. The van der Waals surface area contributed by atoms with Gasteiger partial charge in [0.15, 0.2) is 6.73 Å². The van der Waals surface area contributed by atoms with Crippen LogP contribution in [0.2, 0.25) is 0 Å². The first-order chi connectivity index (χ1) is 9.32. The van der Waals surface area contributed by atoms with E-state index in [4.69, 9.17) is 0 Å². The van der Waals surface area contributed by atoms with E-state index in [1.165, 1.54) is 26.1 Å². The molecule has 0 spiro atoms. The van der Waals surface area contributed by atoms with Crippen LogP contribution in [0.25, 0.3) is 0 Å². The van der Waals surface area contributed by atoms with Gasteiger partial charge in [0.1, 0.15) is 0 Å². The molecule has 8 heteroatoms. The second-order valence-electron chi connectivity index (χ2n) is 3.77. The van der Waals surface area contributed by atoms with E-state index in [9.17, 15) is 24.0 Å². The number of carbonyl (C=O) groups excluding carboxylic acids is 5. The Balaban J connectivity index is 0.000000217. The number of imide groups is 2. The van der Waals surface area contributed by atoms with Crippen molar-refractivity contribution in [3.63, 3.8) is 0 Å². The van der Waals surface area contributed by atoms with Gasteiger partial charge in [-0.3, -0.25) is 28.9 Å². The largest absolute Gasteiger partial charge is 0.444 e. The Morgan fingerprint density at radius 3 is 1.65 bits per heavy atom. The van der Waals surface area contributed by atoms with E-state index in [2.05, 4.69) is 4.74 Å². The normalized spacial score (nSPS) is 16.7. The fourth-order valence-corrected chi connectivity index (χ4v) is 1.19. The Morgan fingerprint density at radius 1 is 0.950 bits per heavy atom. The Bertz CT molecular complexity index is 498. The summed E-state index contributed by atoms with van der Waals surface area (Å²) in [5.41, 5.74) is 0. The van der Waals surface area contributed by atoms with Gasteiger partial charge in [0.25, 0.3) is 23.6 Å². The van der Waals surface area contributed by atoms with Gasteiger partial charge in [0, 0.05) is 38.3 Å². The van der Waals surface area contributed by atoms with Gasteiger partial charge in [-0.1, -0.05) is 0 Å². The predicted octanol–water partition coefficient (Wildman–Crippen LogP) is -1.03. The van der Waals surface area contributed by atoms with E-state index in [-0.39, 0.29) is 18.5 Å². The average Bonchev–Trinajstić information content (AvgIpc) is 2.85. The number of rotatable bonds is 2. The highest BCUT2D eigenvalue weighted by Crippen LogP contribution is 2.02. The van der Waals surface area contributed by atoms with Gasteiger partial charge in [-0.05, 0) is 0 Å². The van der Waals surface area contributed by atoms with E-state index in [0.717, 1.165) is 22.0 Å². The molecule has 0 N–H and O–H groups in total. The van der Waals surface area contributed by atoms with Crippen LogP contribution >= 0.6 is 0 Å². The van der Waals surface area contributed by atoms with Crippen LogP contribution in [0.3, 0.4) is 0 Å². The maximum atomic E-state index is 10.8. The molecule has 0 aromatic rings. The molecule has 0 fully saturated rings. The highest BCUT2D eigenvalue weighted by molar-refractivity contribution is 6.13. The number of hydrogen-bond donors (Lipinski definition) is 0. The molecule has 0 aromatic heterocycles. The molecule has 0 aliphatic carbocycles. The molecule has 4 amide bonds. The maximum absolute atomic E-state index is 10.8. The van der Waals surface area contributed by atoms with E-state index < -0.39 is 17.8 Å². The third-order valence-corrected chi connectivity index (χ3v) is 2.33. The fraction of sp³-hybridized carbons (Fsp3) is 0.250. The van der Waals surface area contributed by atoms with Crippen LogP contribution in [-0.2, 0) is 28.7 Å². The Morgan fingerprint density at radius 2 is 1.35 bits per heavy atom. The third-order valence-electron chi connectivity index (χ3n) is 2.33. The molecule has 106 valence electrons. The number of hydrogen-bond acceptors (Lipinski definition) is 6. The lowest BCUT2D eigenvalue weighted by molar-refractivity contribution is -0.153. The third kappa shape index (κ3) is 3.87. The summed E-state index contributed by atoms with van der Waals surface area (Å²) in [7, 11) is 1.45. The number of likely N-dealkylation sites (N-methyl/N-ethyl adjacent to an activating group) is 1. The van der Waals surface area contributed by atoms with Crippen LogP contribution in [0.4, 0.5) is 0 Å². The molecule has 0 unspecified atom stereocenters. The number of ether oxygens (including phenoxy) is 1. The molecular formula is C12H12N2O6. The molecule has 0 saturated carbocycles. The first-order valence-electron chi connectivity index (χ1n) is 5.49. The summed E-state index contributed by atoms with van der Waals surface area (Å²) in [6, 6.07) is 0. The quantitative estimate of drug-likeness (QED) is 0.473. The molecule has 0 radical (unpaired) electrons. The minimum absolute atomic E-state index is 0.241. The summed E-state index contributed by atoms with van der Waals surface area (Å²) in [6.07, 6.45) is 4.77. The average molecular weight is 280 g/mol. The van der Waals surface area contributed by atoms with Crippen molar-refractivity contribution < 1.29 is 28.7 Å². The minimum Gasteiger partial charge on any atom is -0.444 e. The second kappa shape index (κ2) is 6.41. The summed E-state index contributed by atoms with van der Waals surface area (Å²) in [6.45, 7) is 0.901. The van der Waals surface area contributed by atoms with Crippen molar-refractivity contribution in [1.82, 2.24) is 9.80 Å². The molecule has 0 bridgehead atoms. The Kier molecular flexibility index (Phi) is 4.90. The van der Waals surface area contributed by atoms with Crippen molar-refractivity contribution >= 4 is 29.6 Å². The van der Waals surface area contributed by atoms with Crippen molar-refractivity contribution in [3.05, 3.63) is 24.3 Å². The van der Waals surface area contributed by atoms with Crippen LogP contribution in [0.15, 0.2) is 24.3 Å². The van der Waals surface area contributed by atoms with Crippen LogP contribution < -0.4 is 0 Å². The smallest absolute Gasteiger partial charge is 0.304 e. The summed E-state index contributed by atoms with van der Waals surface area (Å²) in [5, 5.41) is 0. The number of amides is 4. The lowest BCUT2D eigenvalue weighted by Crippen LogP contribution is -2.32. The van der Waals surface area contributed by atoms with Gasteiger partial charge in [-0.25, -0.2) is 4.90 Å². The van der Waals surface area contributed by atoms with Crippen molar-refractivity contribution in [3.8, 4) is 0 Å². The predicted molar refractivity (Wildman–Crippen MR) is 64.5 cm³/mol. The molecular weight excluding hydrogens is 268 g/mol. The topological polar surface area (TPSA) is 101 Å². The summed E-state index contributed by atoms with van der Waals surface area (Å²) < 4.78 is 4.47. The lowest BCUT2D eigenvalue weighted by Gasteiger charge is -2.12. The van der Waals surface area contributed by atoms with Gasteiger partial charge in [0.2, 0.25) is 0 Å². The van der Waals surface area contributed by atoms with Crippen LogP contribution in [0, 0.1) is 0 Å². The van der Waals surface area contributed by atoms with E-state index in [0.29, 0.717) is 0 Å². The second-order valence-corrected chi connectivity index (χ2v) is 3.77. The van der Waals surface area contributed by atoms with Crippen LogP contribution in [-0.4, -0.2) is 53.2 Å². The lowest BCUT2D eigenvalue weighted by atomic mass is 10.6. The highest BCUT2D eigenvalue weighted by atomic mass is 16.5. The number of nitrogens with zero attached hydrogens (tertiary/aromatic N) is 2. The molecule has 2 aliphatic rings. The van der Waals surface area contributed by atoms with Crippen molar-refractivity contribution in [2.24, 2.45) is 0 Å². The van der Waals surface area contributed by atoms with Crippen molar-refractivity contribution in [2.45, 2.75) is 6.92 Å². The molecule has 0 saturated heterocycles. The maximum Gasteiger partial charge on any atom is 0.304 e. The Labute approximate surface area is 114 Å². The van der Waals surface area contributed by atoms with Gasteiger partial charge >= 0.3 is 5.97 Å². The Hall–Kier alpha value is -2.77. The zero-order chi connectivity index (χ0) is 15.3. The van der Waals surface area contributed by atoms with Crippen LogP contribution in [0.5, 0.6) is 0 Å². The zero-order valence-electron chi connectivity index (χ0n) is 10.9. The highest BCUT2D eigenvalue weighted by Gasteiger charge is 2.23. The molecule has 2 heterocycles. The van der Waals surface area contributed by atoms with Gasteiger partial charge in [-0.15, -0.1) is 0 Å². The van der Waals surface area contributed by atoms with E-state index >= 15 is 0 Å². The van der Waals surface area contributed by atoms with Gasteiger partial charge < -0.3 is 4.74 Å². The fourth-order valence-electron chi connectivity index (χ4n) is 1.19. The first-order valence-corrected chi connectivity index (χ1v) is 5.49. The molecule has 20 heavy (non-hydrogen) atoms.